The second kappa shape index (κ2) is 11.8. The van der Waals surface area contributed by atoms with Crippen LogP contribution in [0.3, 0.4) is 0 Å². The van der Waals surface area contributed by atoms with Crippen molar-refractivity contribution in [3.63, 3.8) is 0 Å². The predicted octanol–water partition coefficient (Wildman–Crippen LogP) is 12.2. The summed E-state index contributed by atoms with van der Waals surface area (Å²) in [5, 5.41) is 1.89. The molecule has 0 saturated carbocycles. The zero-order valence-corrected chi connectivity index (χ0v) is 26.3. The molecule has 0 aliphatic carbocycles. The van der Waals surface area contributed by atoms with Gasteiger partial charge in [-0.3, -0.25) is 0 Å². The fraction of sp³-hybridized carbons (Fsp3) is 0.0667. The Kier molecular flexibility index (Phi) is 5.90. The highest BCUT2D eigenvalue weighted by Crippen LogP contribution is 2.43. The van der Waals surface area contributed by atoms with Crippen LogP contribution in [0, 0.1) is 0 Å². The number of para-hydroxylation sites is 3. The van der Waals surface area contributed by atoms with E-state index in [1.807, 2.05) is 60.7 Å². The molecule has 0 amide bonds. The van der Waals surface area contributed by atoms with Gasteiger partial charge < -0.3 is 9.47 Å². The highest BCUT2D eigenvalue weighted by Gasteiger charge is 2.28. The Bertz CT molecular complexity index is 2530. The molecule has 7 aromatic carbocycles. The van der Waals surface area contributed by atoms with Crippen molar-refractivity contribution in [1.82, 2.24) is 4.57 Å². The minimum absolute atomic E-state index is 0.186. The summed E-state index contributed by atoms with van der Waals surface area (Å²) in [5.41, 5.74) is 8.78. The first-order chi connectivity index (χ1) is 25.2. The lowest BCUT2D eigenvalue weighted by Crippen LogP contribution is -2.21. The van der Waals surface area contributed by atoms with E-state index in [9.17, 15) is 0 Å². The molecule has 0 fully saturated rings. The zero-order valence-electron chi connectivity index (χ0n) is 31.3. The zero-order chi connectivity index (χ0) is 36.1. The fourth-order valence-electron chi connectivity index (χ4n) is 6.77. The Labute approximate surface area is 283 Å². The summed E-state index contributed by atoms with van der Waals surface area (Å²) in [6.45, 7) is 4.50. The summed E-state index contributed by atoms with van der Waals surface area (Å²) in [6.07, 6.45) is 0. The predicted molar refractivity (Wildman–Crippen MR) is 199 cm³/mol. The van der Waals surface area contributed by atoms with Gasteiger partial charge in [0.1, 0.15) is 0 Å². The topological polar surface area (TPSA) is 8.17 Å². The quantitative estimate of drug-likeness (QED) is 0.174. The molecule has 0 atom stereocenters. The van der Waals surface area contributed by atoms with Gasteiger partial charge in [0.05, 0.1) is 23.6 Å². The van der Waals surface area contributed by atoms with Gasteiger partial charge in [0.15, 0.2) is 0 Å². The summed E-state index contributed by atoms with van der Waals surface area (Å²) in [4.78, 5) is 2.23. The molecule has 0 aliphatic heterocycles. The third-order valence-electron chi connectivity index (χ3n) is 9.14. The second-order valence-corrected chi connectivity index (χ2v) is 12.3. The van der Waals surface area contributed by atoms with Gasteiger partial charge in [0.2, 0.25) is 0 Å². The molecule has 8 rings (SSSR count). The first-order valence-electron chi connectivity index (χ1n) is 18.4. The van der Waals surface area contributed by atoms with Crippen LogP contribution in [0.5, 0.6) is 0 Å². The number of nitrogens with zero attached hydrogens (tertiary/aromatic N) is 2. The third kappa shape index (κ3) is 5.09. The first kappa shape index (κ1) is 23.5. The molecule has 0 spiro atoms. The summed E-state index contributed by atoms with van der Waals surface area (Å²) in [6, 6.07) is 50.4. The molecular formula is C45H36N2. The Morgan fingerprint density at radius 1 is 0.511 bits per heavy atom. The van der Waals surface area contributed by atoms with Gasteiger partial charge in [-0.25, -0.2) is 0 Å². The molecule has 0 N–H and O–H groups in total. The maximum absolute atomic E-state index is 8.76. The third-order valence-corrected chi connectivity index (χ3v) is 9.14. The molecular weight excluding hydrogens is 569 g/mol. The van der Waals surface area contributed by atoms with Gasteiger partial charge in [0.25, 0.3) is 0 Å². The van der Waals surface area contributed by atoms with Crippen LogP contribution in [0.2, 0.25) is 0 Å². The van der Waals surface area contributed by atoms with Gasteiger partial charge in [-0.15, -0.1) is 0 Å². The fourth-order valence-corrected chi connectivity index (χ4v) is 6.77. The molecule has 1 heterocycles. The van der Waals surface area contributed by atoms with Gasteiger partial charge in [-0.1, -0.05) is 135 Å². The van der Waals surface area contributed by atoms with E-state index in [2.05, 4.69) is 114 Å². The average Bonchev–Trinajstić information content (AvgIpc) is 3.50. The lowest BCUT2D eigenvalue weighted by molar-refractivity contribution is 0.637. The summed E-state index contributed by atoms with van der Waals surface area (Å²) in [7, 11) is 0. The molecule has 0 unspecified atom stereocenters. The summed E-state index contributed by atoms with van der Waals surface area (Å²) >= 11 is 0. The van der Waals surface area contributed by atoms with E-state index in [-0.39, 0.29) is 35.1 Å². The van der Waals surface area contributed by atoms with Crippen LogP contribution in [0.25, 0.3) is 38.6 Å². The molecule has 0 bridgehead atoms. The minimum atomic E-state index is -0.402. The van der Waals surface area contributed by atoms with Crippen molar-refractivity contribution in [2.75, 3.05) is 4.90 Å². The lowest BCUT2D eigenvalue weighted by Gasteiger charge is -2.29. The van der Waals surface area contributed by atoms with E-state index in [0.717, 1.165) is 50.1 Å². The van der Waals surface area contributed by atoms with Gasteiger partial charge in [0, 0.05) is 33.2 Å². The van der Waals surface area contributed by atoms with Crippen LogP contribution in [0.4, 0.5) is 17.1 Å². The van der Waals surface area contributed by atoms with E-state index in [4.69, 9.17) is 6.85 Å². The van der Waals surface area contributed by atoms with Crippen molar-refractivity contribution < 1.29 is 6.85 Å². The number of rotatable bonds is 7. The highest BCUT2D eigenvalue weighted by molar-refractivity contribution is 6.12. The smallest absolute Gasteiger partial charge is 0.0629 e. The number of anilines is 3. The van der Waals surface area contributed by atoms with E-state index >= 15 is 0 Å². The number of hydrogen-bond acceptors (Lipinski definition) is 1. The Morgan fingerprint density at radius 2 is 1.06 bits per heavy atom. The molecule has 0 radical (unpaired) electrons. The maximum Gasteiger partial charge on any atom is 0.0629 e. The standard InChI is InChI=1S/C45H36N2/c1-45(2,35-19-9-4-10-20-35)41-25-15-16-26-44(41)47-42-29-27-34(33-17-7-3-8-18-33)31-39(42)40-32-38(28-30-43(40)47)46(36-21-11-5-12-22-36)37-23-13-6-14-24-37/h3-32H,1-2H3/i3D,7D,8D,17D,18D. The molecule has 2 nitrogen and oxygen atoms in total. The van der Waals surface area contributed by atoms with E-state index in [1.165, 1.54) is 5.56 Å². The number of aromatic nitrogens is 1. The molecule has 226 valence electrons. The Balaban J connectivity index is 1.44. The molecule has 1 aromatic heterocycles. The molecule has 0 aliphatic rings. The number of benzene rings is 7. The van der Waals surface area contributed by atoms with Crippen molar-refractivity contribution in [1.29, 1.82) is 0 Å². The SMILES string of the molecule is [2H]c1c([2H])c([2H])c(-c2ccc3c(c2)c2cc(N(c4ccccc4)c4ccccc4)ccc2n3-c2ccccc2C(C)(C)c2ccccc2)c([2H])c1[2H]. The highest BCUT2D eigenvalue weighted by atomic mass is 15.1. The normalized spacial score (nSPS) is 13.1. The van der Waals surface area contributed by atoms with Crippen LogP contribution in [0.15, 0.2) is 182 Å². The second-order valence-electron chi connectivity index (χ2n) is 12.3. The van der Waals surface area contributed by atoms with E-state index in [0.29, 0.717) is 5.56 Å². The molecule has 47 heavy (non-hydrogen) atoms. The van der Waals surface area contributed by atoms with Gasteiger partial charge in [-0.2, -0.15) is 0 Å². The maximum atomic E-state index is 8.76. The average molecular weight is 610 g/mol. The van der Waals surface area contributed by atoms with E-state index in [1.54, 1.807) is 0 Å². The Hall–Kier alpha value is -5.86. The van der Waals surface area contributed by atoms with Gasteiger partial charge in [-0.05, 0) is 82.9 Å². The van der Waals surface area contributed by atoms with Crippen molar-refractivity contribution in [3.8, 4) is 16.8 Å². The largest absolute Gasteiger partial charge is 0.310 e. The Morgan fingerprint density at radius 3 is 1.72 bits per heavy atom. The van der Waals surface area contributed by atoms with Crippen LogP contribution in [0.1, 0.15) is 31.8 Å². The van der Waals surface area contributed by atoms with Crippen molar-refractivity contribution in [3.05, 3.63) is 193 Å². The monoisotopic (exact) mass is 609 g/mol. The summed E-state index contributed by atoms with van der Waals surface area (Å²) < 4.78 is 44.7. The van der Waals surface area contributed by atoms with Crippen LogP contribution >= 0.6 is 0 Å². The van der Waals surface area contributed by atoms with Crippen molar-refractivity contribution in [2.45, 2.75) is 19.3 Å². The lowest BCUT2D eigenvalue weighted by atomic mass is 9.77. The van der Waals surface area contributed by atoms with E-state index < -0.39 is 6.04 Å². The van der Waals surface area contributed by atoms with Crippen molar-refractivity contribution in [2.24, 2.45) is 0 Å². The van der Waals surface area contributed by atoms with Crippen LogP contribution < -0.4 is 4.90 Å². The van der Waals surface area contributed by atoms with Crippen LogP contribution in [-0.2, 0) is 5.41 Å². The number of hydrogen-bond donors (Lipinski definition) is 0. The molecule has 2 heteroatoms. The molecule has 8 aromatic rings. The van der Waals surface area contributed by atoms with Crippen LogP contribution in [-0.4, -0.2) is 4.57 Å². The number of fused-ring (bicyclic) bond motifs is 3. The first-order valence-corrected chi connectivity index (χ1v) is 15.9. The summed E-state index contributed by atoms with van der Waals surface area (Å²) in [5.74, 6) is 0. The van der Waals surface area contributed by atoms with Crippen molar-refractivity contribution >= 4 is 38.9 Å². The minimum Gasteiger partial charge on any atom is -0.310 e. The molecule has 0 saturated heterocycles. The van der Waals surface area contributed by atoms with Gasteiger partial charge >= 0.3 is 0 Å².